The third-order valence-electron chi connectivity index (χ3n) is 4.02. The Kier molecular flexibility index (Phi) is 6.87. The van der Waals surface area contributed by atoms with Crippen molar-refractivity contribution < 1.29 is 14.2 Å². The first-order valence-corrected chi connectivity index (χ1v) is 8.30. The fourth-order valence-electron chi connectivity index (χ4n) is 2.43. The van der Waals surface area contributed by atoms with E-state index < -0.39 is 0 Å². The molecule has 1 saturated heterocycles. The van der Waals surface area contributed by atoms with Crippen LogP contribution in [0.4, 0.5) is 0 Å². The van der Waals surface area contributed by atoms with Crippen LogP contribution in [-0.2, 0) is 16.0 Å². The standard InChI is InChI=1S/C18H29N3O3/c1-14-5-6-15(16(9-14)24-8-7-22-4)10-20-17(19-3)21-11-18(2)12-23-13-18/h5-6,9H,7-8,10-13H2,1-4H3,(H2,19,20,21). The van der Waals surface area contributed by atoms with Crippen molar-refractivity contribution in [1.29, 1.82) is 0 Å². The van der Waals surface area contributed by atoms with Gasteiger partial charge in [0.05, 0.1) is 19.8 Å². The third kappa shape index (κ3) is 5.39. The summed E-state index contributed by atoms with van der Waals surface area (Å²) < 4.78 is 16.2. The van der Waals surface area contributed by atoms with Crippen molar-refractivity contribution in [2.24, 2.45) is 10.4 Å². The third-order valence-corrected chi connectivity index (χ3v) is 4.02. The van der Waals surface area contributed by atoms with E-state index in [0.29, 0.717) is 19.8 Å². The van der Waals surface area contributed by atoms with E-state index in [2.05, 4.69) is 47.7 Å². The minimum absolute atomic E-state index is 0.204. The smallest absolute Gasteiger partial charge is 0.191 e. The molecular weight excluding hydrogens is 306 g/mol. The minimum Gasteiger partial charge on any atom is -0.491 e. The Bertz CT molecular complexity index is 556. The van der Waals surface area contributed by atoms with E-state index in [1.807, 2.05) is 0 Å². The molecular formula is C18H29N3O3. The molecule has 134 valence electrons. The number of aryl methyl sites for hydroxylation is 1. The van der Waals surface area contributed by atoms with E-state index in [0.717, 1.165) is 37.0 Å². The topological polar surface area (TPSA) is 64.1 Å². The summed E-state index contributed by atoms with van der Waals surface area (Å²) in [6, 6.07) is 6.22. The number of hydrogen-bond acceptors (Lipinski definition) is 4. The fraction of sp³-hybridized carbons (Fsp3) is 0.611. The molecule has 24 heavy (non-hydrogen) atoms. The van der Waals surface area contributed by atoms with Crippen LogP contribution >= 0.6 is 0 Å². The van der Waals surface area contributed by atoms with Crippen LogP contribution in [0.1, 0.15) is 18.1 Å². The van der Waals surface area contributed by atoms with Crippen molar-refractivity contribution in [3.8, 4) is 5.75 Å². The lowest BCUT2D eigenvalue weighted by atomic mass is 9.89. The molecule has 6 heteroatoms. The van der Waals surface area contributed by atoms with E-state index in [9.17, 15) is 0 Å². The van der Waals surface area contributed by atoms with Gasteiger partial charge in [-0.25, -0.2) is 0 Å². The second-order valence-electron chi connectivity index (χ2n) is 6.54. The average Bonchev–Trinajstić information content (AvgIpc) is 2.55. The van der Waals surface area contributed by atoms with Crippen molar-refractivity contribution in [2.75, 3.05) is 47.1 Å². The highest BCUT2D eigenvalue weighted by atomic mass is 16.5. The number of guanidine groups is 1. The lowest BCUT2D eigenvalue weighted by molar-refractivity contribution is -0.0971. The molecule has 6 nitrogen and oxygen atoms in total. The van der Waals surface area contributed by atoms with Gasteiger partial charge in [0.2, 0.25) is 0 Å². The zero-order chi connectivity index (χ0) is 17.4. The first kappa shape index (κ1) is 18.5. The molecule has 0 radical (unpaired) electrons. The zero-order valence-corrected chi connectivity index (χ0v) is 15.1. The number of ether oxygens (including phenoxy) is 3. The van der Waals surface area contributed by atoms with Gasteiger partial charge >= 0.3 is 0 Å². The summed E-state index contributed by atoms with van der Waals surface area (Å²) in [5.74, 6) is 1.67. The first-order valence-electron chi connectivity index (χ1n) is 8.30. The van der Waals surface area contributed by atoms with E-state index in [1.165, 1.54) is 5.56 Å². The molecule has 1 aromatic carbocycles. The second kappa shape index (κ2) is 8.89. The van der Waals surface area contributed by atoms with Crippen molar-refractivity contribution in [3.05, 3.63) is 29.3 Å². The normalized spacial score (nSPS) is 16.4. The predicted octanol–water partition coefficient (Wildman–Crippen LogP) is 1.72. The SMILES string of the molecule is CN=C(NCc1ccc(C)cc1OCCOC)NCC1(C)COC1. The fourth-order valence-corrected chi connectivity index (χ4v) is 2.43. The van der Waals surface area contributed by atoms with E-state index >= 15 is 0 Å². The van der Waals surface area contributed by atoms with Gasteiger partial charge in [-0.2, -0.15) is 0 Å². The maximum atomic E-state index is 5.82. The summed E-state index contributed by atoms with van der Waals surface area (Å²) in [6.45, 7) is 8.47. The van der Waals surface area contributed by atoms with Crippen molar-refractivity contribution in [2.45, 2.75) is 20.4 Å². The second-order valence-corrected chi connectivity index (χ2v) is 6.54. The monoisotopic (exact) mass is 335 g/mol. The van der Waals surface area contributed by atoms with Gasteiger partial charge in [0.25, 0.3) is 0 Å². The molecule has 0 amide bonds. The van der Waals surface area contributed by atoms with Crippen molar-refractivity contribution in [1.82, 2.24) is 10.6 Å². The molecule has 0 unspecified atom stereocenters. The Hall–Kier alpha value is -1.79. The molecule has 0 spiro atoms. The number of nitrogens with one attached hydrogen (secondary N) is 2. The molecule has 0 aromatic heterocycles. The van der Waals surface area contributed by atoms with Crippen LogP contribution in [0.3, 0.4) is 0 Å². The molecule has 1 fully saturated rings. The highest BCUT2D eigenvalue weighted by molar-refractivity contribution is 5.79. The Labute approximate surface area is 144 Å². The van der Waals surface area contributed by atoms with Crippen LogP contribution in [0, 0.1) is 12.3 Å². The number of aliphatic imine (C=N–C) groups is 1. The Balaban J connectivity index is 1.89. The predicted molar refractivity (Wildman–Crippen MR) is 95.7 cm³/mol. The summed E-state index contributed by atoms with van der Waals surface area (Å²) in [6.07, 6.45) is 0. The van der Waals surface area contributed by atoms with Gasteiger partial charge < -0.3 is 24.8 Å². The molecule has 1 aliphatic heterocycles. The molecule has 1 heterocycles. The summed E-state index contributed by atoms with van der Waals surface area (Å²) >= 11 is 0. The van der Waals surface area contributed by atoms with Gasteiger partial charge in [-0.05, 0) is 18.6 Å². The first-order chi connectivity index (χ1) is 11.6. The molecule has 1 aromatic rings. The number of methoxy groups -OCH3 is 1. The van der Waals surface area contributed by atoms with Crippen LogP contribution in [-0.4, -0.2) is 53.1 Å². The van der Waals surface area contributed by atoms with Gasteiger partial charge in [0.1, 0.15) is 12.4 Å². The summed E-state index contributed by atoms with van der Waals surface area (Å²) in [7, 11) is 3.45. The van der Waals surface area contributed by atoms with Crippen LogP contribution < -0.4 is 15.4 Å². The minimum atomic E-state index is 0.204. The van der Waals surface area contributed by atoms with Crippen molar-refractivity contribution in [3.63, 3.8) is 0 Å². The average molecular weight is 335 g/mol. The maximum absolute atomic E-state index is 5.82. The largest absolute Gasteiger partial charge is 0.491 e. The van der Waals surface area contributed by atoms with Crippen LogP contribution in [0.15, 0.2) is 23.2 Å². The van der Waals surface area contributed by atoms with Gasteiger partial charge in [-0.15, -0.1) is 0 Å². The van der Waals surface area contributed by atoms with Gasteiger partial charge in [0.15, 0.2) is 5.96 Å². The molecule has 2 rings (SSSR count). The van der Waals surface area contributed by atoms with Crippen LogP contribution in [0.25, 0.3) is 0 Å². The number of hydrogen-bond donors (Lipinski definition) is 2. The number of rotatable bonds is 8. The lowest BCUT2D eigenvalue weighted by Gasteiger charge is -2.38. The van der Waals surface area contributed by atoms with Gasteiger partial charge in [0, 0.05) is 38.2 Å². The Morgan fingerprint density at radius 3 is 2.71 bits per heavy atom. The summed E-state index contributed by atoms with van der Waals surface area (Å²) in [5.41, 5.74) is 2.47. The van der Waals surface area contributed by atoms with E-state index in [1.54, 1.807) is 14.2 Å². The van der Waals surface area contributed by atoms with Crippen LogP contribution in [0.5, 0.6) is 5.75 Å². The highest BCUT2D eigenvalue weighted by Gasteiger charge is 2.33. The lowest BCUT2D eigenvalue weighted by Crippen LogP contribution is -2.50. The Morgan fingerprint density at radius 1 is 1.29 bits per heavy atom. The molecule has 2 N–H and O–H groups in total. The van der Waals surface area contributed by atoms with Gasteiger partial charge in [-0.1, -0.05) is 19.1 Å². The number of benzene rings is 1. The van der Waals surface area contributed by atoms with Gasteiger partial charge in [-0.3, -0.25) is 4.99 Å². The van der Waals surface area contributed by atoms with Crippen LogP contribution in [0.2, 0.25) is 0 Å². The molecule has 0 saturated carbocycles. The maximum Gasteiger partial charge on any atom is 0.191 e. The molecule has 0 atom stereocenters. The molecule has 0 aliphatic carbocycles. The Morgan fingerprint density at radius 2 is 2.08 bits per heavy atom. The molecule has 1 aliphatic rings. The zero-order valence-electron chi connectivity index (χ0n) is 15.1. The van der Waals surface area contributed by atoms with E-state index in [-0.39, 0.29) is 5.41 Å². The van der Waals surface area contributed by atoms with E-state index in [4.69, 9.17) is 14.2 Å². The highest BCUT2D eigenvalue weighted by Crippen LogP contribution is 2.25. The molecule has 0 bridgehead atoms. The summed E-state index contributed by atoms with van der Waals surface area (Å²) in [5, 5.41) is 6.71. The quantitative estimate of drug-likeness (QED) is 0.430. The van der Waals surface area contributed by atoms with Crippen molar-refractivity contribution >= 4 is 5.96 Å². The number of nitrogens with zero attached hydrogens (tertiary/aromatic N) is 1. The summed E-state index contributed by atoms with van der Waals surface area (Å²) in [4.78, 5) is 4.28.